The number of hydrogen-bond donors (Lipinski definition) is 1. The van der Waals surface area contributed by atoms with Gasteiger partial charge in [0.1, 0.15) is 5.82 Å². The maximum Gasteiger partial charge on any atom is 0.256 e. The molecule has 2 amide bonds. The van der Waals surface area contributed by atoms with Crippen LogP contribution in [0.1, 0.15) is 50.8 Å². The molecule has 0 spiro atoms. The predicted octanol–water partition coefficient (Wildman–Crippen LogP) is 6.19. The van der Waals surface area contributed by atoms with Gasteiger partial charge in [0.25, 0.3) is 5.91 Å². The van der Waals surface area contributed by atoms with E-state index in [-0.39, 0.29) is 38.1 Å². The van der Waals surface area contributed by atoms with Crippen LogP contribution in [0.5, 0.6) is 0 Å². The van der Waals surface area contributed by atoms with Gasteiger partial charge in [0.2, 0.25) is 5.91 Å². The van der Waals surface area contributed by atoms with Crippen LogP contribution < -0.4 is 10.2 Å². The van der Waals surface area contributed by atoms with E-state index in [1.54, 1.807) is 35.2 Å². The van der Waals surface area contributed by atoms with Crippen molar-refractivity contribution in [3.63, 3.8) is 0 Å². The highest BCUT2D eigenvalue weighted by Crippen LogP contribution is 2.30. The van der Waals surface area contributed by atoms with Gasteiger partial charge in [-0.2, -0.15) is 0 Å². The molecule has 1 aliphatic heterocycles. The highest BCUT2D eigenvalue weighted by Gasteiger charge is 2.27. The Labute approximate surface area is 238 Å². The molecule has 0 saturated heterocycles. The Morgan fingerprint density at radius 3 is 2.27 bits per heavy atom. The first-order chi connectivity index (χ1) is 18.7. The number of rotatable bonds is 11. The van der Waals surface area contributed by atoms with Crippen LogP contribution >= 0.6 is 0 Å². The van der Waals surface area contributed by atoms with Gasteiger partial charge in [-0.15, -0.1) is 0 Å². The maximum atomic E-state index is 14.6. The molecular weight excluding hydrogens is 503 g/mol. The molecule has 0 saturated carbocycles. The molecule has 0 aromatic heterocycles. The predicted molar refractivity (Wildman–Crippen MR) is 161 cm³/mol. The molecule has 6 nitrogen and oxygen atoms in total. The van der Waals surface area contributed by atoms with Crippen LogP contribution in [0, 0.1) is 18.7 Å². The van der Waals surface area contributed by atoms with Crippen LogP contribution in [-0.2, 0) is 22.7 Å². The Hall–Kier alpha value is -3.71. The summed E-state index contributed by atoms with van der Waals surface area (Å²) in [5.74, 6) is 0.00260. The van der Waals surface area contributed by atoms with Crippen LogP contribution in [0.4, 0.5) is 10.1 Å². The van der Waals surface area contributed by atoms with Crippen LogP contribution in [0.25, 0.3) is 11.1 Å². The standard InChI is InChI=1S/C32H39FN4O2.CH4/c1-23(2)10-9-17-34-31(38)21-36(22-32(39)35(4)37-19-26-11-5-6-12-27(26)20-37)30-18-25(16-15-24(30)3)28-13-7-8-14-29(28)33;/h5-8,11-16,18,23H,9-10,17,19-22H2,1-4H3,(H,34,38);1H4. The molecule has 0 unspecified atom stereocenters. The molecule has 0 fully saturated rings. The van der Waals surface area contributed by atoms with Gasteiger partial charge in [-0.05, 0) is 60.1 Å². The Morgan fingerprint density at radius 2 is 1.62 bits per heavy atom. The van der Waals surface area contributed by atoms with Crippen molar-refractivity contribution >= 4 is 17.5 Å². The minimum Gasteiger partial charge on any atom is -0.355 e. The van der Waals surface area contributed by atoms with E-state index in [4.69, 9.17) is 0 Å². The zero-order chi connectivity index (χ0) is 27.9. The summed E-state index contributed by atoms with van der Waals surface area (Å²) in [6, 6.07) is 20.5. The van der Waals surface area contributed by atoms with Gasteiger partial charge in [0.15, 0.2) is 0 Å². The first-order valence-corrected chi connectivity index (χ1v) is 13.7. The fourth-order valence-corrected chi connectivity index (χ4v) is 4.96. The molecule has 7 heteroatoms. The SMILES string of the molecule is C.Cc1ccc(-c2ccccc2F)cc1N(CC(=O)NCCCC(C)C)CC(=O)N(C)N1Cc2ccccc2C1. The third-order valence-electron chi connectivity index (χ3n) is 7.28. The minimum atomic E-state index is -0.314. The summed E-state index contributed by atoms with van der Waals surface area (Å²) >= 11 is 0. The summed E-state index contributed by atoms with van der Waals surface area (Å²) in [6.45, 7) is 8.24. The van der Waals surface area contributed by atoms with E-state index < -0.39 is 0 Å². The lowest BCUT2D eigenvalue weighted by molar-refractivity contribution is -0.145. The number of amides is 2. The van der Waals surface area contributed by atoms with Crippen molar-refractivity contribution in [2.75, 3.05) is 31.6 Å². The second kappa shape index (κ2) is 14.1. The van der Waals surface area contributed by atoms with Crippen molar-refractivity contribution in [2.45, 2.75) is 54.1 Å². The van der Waals surface area contributed by atoms with Gasteiger partial charge >= 0.3 is 0 Å². The lowest BCUT2D eigenvalue weighted by atomic mass is 10.0. The molecular formula is C33H43FN4O2. The second-order valence-electron chi connectivity index (χ2n) is 10.7. The monoisotopic (exact) mass is 546 g/mol. The number of benzene rings is 3. The average Bonchev–Trinajstić information content (AvgIpc) is 3.35. The lowest BCUT2D eigenvalue weighted by Gasteiger charge is -2.32. The van der Waals surface area contributed by atoms with Crippen molar-refractivity contribution in [3.05, 3.63) is 89.2 Å². The number of carbonyl (C=O) groups excluding carboxylic acids is 2. The van der Waals surface area contributed by atoms with Gasteiger partial charge in [-0.25, -0.2) is 9.40 Å². The molecule has 1 N–H and O–H groups in total. The number of halogens is 1. The van der Waals surface area contributed by atoms with Crippen molar-refractivity contribution in [2.24, 2.45) is 5.92 Å². The van der Waals surface area contributed by atoms with E-state index in [9.17, 15) is 14.0 Å². The van der Waals surface area contributed by atoms with Crippen molar-refractivity contribution in [1.82, 2.24) is 15.3 Å². The van der Waals surface area contributed by atoms with Crippen molar-refractivity contribution < 1.29 is 14.0 Å². The van der Waals surface area contributed by atoms with Gasteiger partial charge in [0.05, 0.1) is 13.1 Å². The molecule has 1 aliphatic rings. The lowest BCUT2D eigenvalue weighted by Crippen LogP contribution is -2.48. The van der Waals surface area contributed by atoms with E-state index in [1.807, 2.05) is 42.3 Å². The zero-order valence-electron chi connectivity index (χ0n) is 23.4. The summed E-state index contributed by atoms with van der Waals surface area (Å²) < 4.78 is 14.6. The zero-order valence-corrected chi connectivity index (χ0v) is 23.4. The Kier molecular flexibility index (Phi) is 10.8. The summed E-state index contributed by atoms with van der Waals surface area (Å²) in [5.41, 5.74) is 5.25. The van der Waals surface area contributed by atoms with E-state index >= 15 is 0 Å². The third-order valence-corrected chi connectivity index (χ3v) is 7.28. The quantitative estimate of drug-likeness (QED) is 0.292. The van der Waals surface area contributed by atoms with Crippen LogP contribution in [0.15, 0.2) is 66.7 Å². The highest BCUT2D eigenvalue weighted by atomic mass is 19.1. The molecule has 40 heavy (non-hydrogen) atoms. The number of nitrogens with zero attached hydrogens (tertiary/aromatic N) is 3. The topological polar surface area (TPSA) is 55.9 Å². The van der Waals surface area contributed by atoms with Gasteiger partial charge in [-0.3, -0.25) is 14.6 Å². The number of nitrogens with one attached hydrogen (secondary N) is 1. The van der Waals surface area contributed by atoms with Crippen molar-refractivity contribution in [1.29, 1.82) is 0 Å². The van der Waals surface area contributed by atoms with Crippen LogP contribution in [0.3, 0.4) is 0 Å². The maximum absolute atomic E-state index is 14.6. The number of aryl methyl sites for hydroxylation is 1. The Balaban J connectivity index is 0.00000441. The molecule has 1 heterocycles. The first kappa shape index (κ1) is 30.8. The van der Waals surface area contributed by atoms with Crippen LogP contribution in [-0.4, -0.2) is 48.5 Å². The fourth-order valence-electron chi connectivity index (χ4n) is 4.96. The second-order valence-corrected chi connectivity index (χ2v) is 10.7. The van der Waals surface area contributed by atoms with E-state index in [0.717, 1.165) is 24.1 Å². The number of anilines is 1. The molecule has 3 aromatic carbocycles. The number of fused-ring (bicyclic) bond motifs is 1. The van der Waals surface area contributed by atoms with Crippen LogP contribution in [0.2, 0.25) is 0 Å². The third kappa shape index (κ3) is 7.69. The smallest absolute Gasteiger partial charge is 0.256 e. The van der Waals surface area contributed by atoms with Gasteiger partial charge in [0, 0.05) is 37.9 Å². The molecule has 0 aliphatic carbocycles. The van der Waals surface area contributed by atoms with E-state index in [1.165, 1.54) is 17.2 Å². The Morgan fingerprint density at radius 1 is 0.975 bits per heavy atom. The molecule has 4 rings (SSSR count). The molecule has 0 bridgehead atoms. The molecule has 214 valence electrons. The minimum absolute atomic E-state index is 0. The highest BCUT2D eigenvalue weighted by molar-refractivity contribution is 5.87. The number of carbonyl (C=O) groups is 2. The van der Waals surface area contributed by atoms with Gasteiger partial charge in [-0.1, -0.05) is 75.9 Å². The number of hydrogen-bond acceptors (Lipinski definition) is 4. The van der Waals surface area contributed by atoms with E-state index in [2.05, 4.69) is 31.3 Å². The summed E-state index contributed by atoms with van der Waals surface area (Å²) in [4.78, 5) is 28.4. The number of likely N-dealkylation sites (N-methyl/N-ethyl adjacent to an activating group) is 1. The normalized spacial score (nSPS) is 12.6. The summed E-state index contributed by atoms with van der Waals surface area (Å²) in [5, 5.41) is 6.68. The Bertz CT molecular complexity index is 1280. The first-order valence-electron chi connectivity index (χ1n) is 13.7. The summed E-state index contributed by atoms with van der Waals surface area (Å²) in [6.07, 6.45) is 1.94. The van der Waals surface area contributed by atoms with Gasteiger partial charge < -0.3 is 10.2 Å². The summed E-state index contributed by atoms with van der Waals surface area (Å²) in [7, 11) is 1.78. The average molecular weight is 547 g/mol. The molecule has 0 radical (unpaired) electrons. The fraction of sp³-hybridized carbons (Fsp3) is 0.394. The molecule has 3 aromatic rings. The largest absolute Gasteiger partial charge is 0.355 e. The molecule has 0 atom stereocenters. The van der Waals surface area contributed by atoms with E-state index in [0.29, 0.717) is 36.7 Å². The number of hydrazine groups is 1. The van der Waals surface area contributed by atoms with Crippen molar-refractivity contribution in [3.8, 4) is 11.1 Å².